The van der Waals surface area contributed by atoms with Crippen LogP contribution in [0, 0.1) is 6.92 Å². The number of hydrogen-bond acceptors (Lipinski definition) is 2. The number of rotatable bonds is 1. The first-order valence-electron chi connectivity index (χ1n) is 8.38. The molecule has 0 radical (unpaired) electrons. The van der Waals surface area contributed by atoms with Crippen LogP contribution >= 0.6 is 0 Å². The van der Waals surface area contributed by atoms with E-state index in [9.17, 15) is 4.79 Å². The van der Waals surface area contributed by atoms with Crippen molar-refractivity contribution in [3.8, 4) is 22.4 Å². The number of aromatic nitrogens is 1. The summed E-state index contributed by atoms with van der Waals surface area (Å²) < 4.78 is 0. The van der Waals surface area contributed by atoms with E-state index in [0.717, 1.165) is 44.4 Å². The number of benzene rings is 3. The number of pyridine rings is 1. The fraction of sp³-hybridized carbons (Fsp3) is 0.0435. The molecule has 0 saturated carbocycles. The second-order valence-corrected chi connectivity index (χ2v) is 6.47. The summed E-state index contributed by atoms with van der Waals surface area (Å²) >= 11 is 0. The van der Waals surface area contributed by atoms with Crippen molar-refractivity contribution >= 4 is 16.7 Å². The third-order valence-electron chi connectivity index (χ3n) is 4.89. The van der Waals surface area contributed by atoms with Crippen LogP contribution in [-0.2, 0) is 0 Å². The van der Waals surface area contributed by atoms with Gasteiger partial charge < -0.3 is 0 Å². The van der Waals surface area contributed by atoms with Gasteiger partial charge in [-0.1, -0.05) is 72.3 Å². The Morgan fingerprint density at radius 3 is 2.20 bits per heavy atom. The average Bonchev–Trinajstić information content (AvgIpc) is 2.96. The van der Waals surface area contributed by atoms with Gasteiger partial charge in [-0.3, -0.25) is 4.79 Å². The predicted molar refractivity (Wildman–Crippen MR) is 101 cm³/mol. The van der Waals surface area contributed by atoms with Crippen LogP contribution in [0.4, 0.5) is 0 Å². The predicted octanol–water partition coefficient (Wildman–Crippen LogP) is 5.42. The second-order valence-electron chi connectivity index (χ2n) is 6.47. The normalized spacial score (nSPS) is 12.3. The van der Waals surface area contributed by atoms with Crippen molar-refractivity contribution in [3.05, 3.63) is 89.5 Å². The van der Waals surface area contributed by atoms with Crippen molar-refractivity contribution in [2.45, 2.75) is 6.92 Å². The minimum absolute atomic E-state index is 0.0689. The third-order valence-corrected chi connectivity index (χ3v) is 4.89. The first-order valence-corrected chi connectivity index (χ1v) is 8.38. The standard InChI is InChI=1S/C23H15NO/c1-14-10-12-15(13-11-14)22-21-20(18-8-4-5-9-19(18)24-22)16-6-2-3-7-17(16)23(21)25/h2-13H,1H3. The molecular formula is C23H15NO. The maximum absolute atomic E-state index is 13.2. The van der Waals surface area contributed by atoms with Crippen LogP contribution in [0.25, 0.3) is 33.3 Å². The zero-order valence-corrected chi connectivity index (χ0v) is 13.8. The van der Waals surface area contributed by atoms with E-state index in [1.807, 2.05) is 54.6 Å². The minimum Gasteiger partial charge on any atom is -0.288 e. The van der Waals surface area contributed by atoms with E-state index in [1.54, 1.807) is 0 Å². The number of hydrogen-bond donors (Lipinski definition) is 0. The number of carbonyl (C=O) groups is 1. The summed E-state index contributed by atoms with van der Waals surface area (Å²) in [5, 5.41) is 1.03. The van der Waals surface area contributed by atoms with Crippen LogP contribution in [-0.4, -0.2) is 10.8 Å². The van der Waals surface area contributed by atoms with E-state index in [2.05, 4.69) is 25.1 Å². The van der Waals surface area contributed by atoms with Crippen molar-refractivity contribution in [2.75, 3.05) is 0 Å². The number of aryl methyl sites for hydroxylation is 1. The molecular weight excluding hydrogens is 306 g/mol. The largest absolute Gasteiger partial charge is 0.288 e. The van der Waals surface area contributed by atoms with Crippen LogP contribution in [0.1, 0.15) is 21.5 Å². The van der Waals surface area contributed by atoms with Gasteiger partial charge in [-0.25, -0.2) is 4.98 Å². The van der Waals surface area contributed by atoms with Gasteiger partial charge in [-0.05, 0) is 18.6 Å². The van der Waals surface area contributed by atoms with E-state index in [-0.39, 0.29) is 5.78 Å². The number of fused-ring (bicyclic) bond motifs is 5. The fourth-order valence-corrected chi connectivity index (χ4v) is 3.67. The Balaban J connectivity index is 1.94. The molecule has 0 amide bonds. The highest BCUT2D eigenvalue weighted by Crippen LogP contribution is 2.44. The van der Waals surface area contributed by atoms with E-state index in [0.29, 0.717) is 0 Å². The van der Waals surface area contributed by atoms with Gasteiger partial charge >= 0.3 is 0 Å². The molecule has 0 saturated heterocycles. The highest BCUT2D eigenvalue weighted by atomic mass is 16.1. The van der Waals surface area contributed by atoms with Gasteiger partial charge in [0.2, 0.25) is 0 Å². The zero-order chi connectivity index (χ0) is 17.0. The molecule has 0 N–H and O–H groups in total. The van der Waals surface area contributed by atoms with Gasteiger partial charge in [0.1, 0.15) is 0 Å². The lowest BCUT2D eigenvalue weighted by Crippen LogP contribution is -2.01. The summed E-state index contributed by atoms with van der Waals surface area (Å²) in [6.45, 7) is 2.06. The molecule has 0 aliphatic heterocycles. The van der Waals surface area contributed by atoms with Crippen molar-refractivity contribution < 1.29 is 4.79 Å². The lowest BCUT2D eigenvalue weighted by Gasteiger charge is -2.11. The zero-order valence-electron chi connectivity index (χ0n) is 13.8. The number of para-hydroxylation sites is 1. The molecule has 3 aromatic carbocycles. The number of nitrogens with zero attached hydrogens (tertiary/aromatic N) is 1. The molecule has 1 aliphatic carbocycles. The van der Waals surface area contributed by atoms with Crippen LogP contribution in [0.3, 0.4) is 0 Å². The Hall–Kier alpha value is -3.26. The highest BCUT2D eigenvalue weighted by Gasteiger charge is 2.32. The van der Waals surface area contributed by atoms with Gasteiger partial charge in [0.15, 0.2) is 5.78 Å². The van der Waals surface area contributed by atoms with Gasteiger partial charge in [0.25, 0.3) is 0 Å². The van der Waals surface area contributed by atoms with Crippen molar-refractivity contribution in [1.82, 2.24) is 4.98 Å². The monoisotopic (exact) mass is 321 g/mol. The summed E-state index contributed by atoms with van der Waals surface area (Å²) in [7, 11) is 0. The summed E-state index contributed by atoms with van der Waals surface area (Å²) in [6.07, 6.45) is 0. The molecule has 5 rings (SSSR count). The Kier molecular flexibility index (Phi) is 2.89. The molecule has 0 unspecified atom stereocenters. The average molecular weight is 321 g/mol. The molecule has 4 aromatic rings. The molecule has 1 heterocycles. The van der Waals surface area contributed by atoms with Gasteiger partial charge in [0, 0.05) is 22.1 Å². The van der Waals surface area contributed by atoms with Gasteiger partial charge in [-0.2, -0.15) is 0 Å². The van der Waals surface area contributed by atoms with E-state index < -0.39 is 0 Å². The lowest BCUT2D eigenvalue weighted by molar-refractivity contribution is 0.104. The Morgan fingerprint density at radius 1 is 0.720 bits per heavy atom. The Bertz CT molecular complexity index is 1160. The molecule has 1 aromatic heterocycles. The highest BCUT2D eigenvalue weighted by molar-refractivity contribution is 6.28. The Morgan fingerprint density at radius 2 is 1.40 bits per heavy atom. The van der Waals surface area contributed by atoms with Crippen molar-refractivity contribution in [1.29, 1.82) is 0 Å². The van der Waals surface area contributed by atoms with Crippen LogP contribution in [0.15, 0.2) is 72.8 Å². The molecule has 0 bridgehead atoms. The Labute approximate surface area is 145 Å². The fourth-order valence-electron chi connectivity index (χ4n) is 3.67. The lowest BCUT2D eigenvalue weighted by atomic mass is 9.96. The van der Waals surface area contributed by atoms with Crippen LogP contribution in [0.5, 0.6) is 0 Å². The third kappa shape index (κ3) is 1.97. The maximum Gasteiger partial charge on any atom is 0.196 e. The van der Waals surface area contributed by atoms with E-state index in [4.69, 9.17) is 4.98 Å². The second kappa shape index (κ2) is 5.12. The maximum atomic E-state index is 13.2. The molecule has 0 atom stereocenters. The smallest absolute Gasteiger partial charge is 0.196 e. The van der Waals surface area contributed by atoms with Gasteiger partial charge in [-0.15, -0.1) is 0 Å². The number of ketones is 1. The van der Waals surface area contributed by atoms with Crippen molar-refractivity contribution in [3.63, 3.8) is 0 Å². The summed E-state index contributed by atoms with van der Waals surface area (Å²) in [5.74, 6) is 0.0689. The van der Waals surface area contributed by atoms with Crippen molar-refractivity contribution in [2.24, 2.45) is 0 Å². The minimum atomic E-state index is 0.0689. The molecule has 0 spiro atoms. The summed E-state index contributed by atoms with van der Waals surface area (Å²) in [5.41, 5.74) is 7.38. The van der Waals surface area contributed by atoms with Crippen LogP contribution < -0.4 is 0 Å². The topological polar surface area (TPSA) is 30.0 Å². The first-order chi connectivity index (χ1) is 12.2. The summed E-state index contributed by atoms with van der Waals surface area (Å²) in [6, 6.07) is 24.1. The summed E-state index contributed by atoms with van der Waals surface area (Å²) in [4.78, 5) is 18.0. The molecule has 0 fully saturated rings. The van der Waals surface area contributed by atoms with E-state index >= 15 is 0 Å². The first kappa shape index (κ1) is 14.1. The molecule has 1 aliphatic rings. The molecule has 2 heteroatoms. The molecule has 2 nitrogen and oxygen atoms in total. The van der Waals surface area contributed by atoms with E-state index in [1.165, 1.54) is 5.56 Å². The quantitative estimate of drug-likeness (QED) is 0.412. The number of carbonyl (C=O) groups excluding carboxylic acids is 1. The molecule has 118 valence electrons. The molecule has 25 heavy (non-hydrogen) atoms. The van der Waals surface area contributed by atoms with Crippen LogP contribution in [0.2, 0.25) is 0 Å². The SMILES string of the molecule is Cc1ccc(-c2nc3ccccc3c3c2C(=O)c2ccccc2-3)cc1. The van der Waals surface area contributed by atoms with Gasteiger partial charge in [0.05, 0.1) is 16.8 Å².